The highest BCUT2D eigenvalue weighted by atomic mass is 31.1. The van der Waals surface area contributed by atoms with Crippen LogP contribution < -0.4 is 0 Å². The molecule has 0 nitrogen and oxygen atoms in total. The Labute approximate surface area is 171 Å². The van der Waals surface area contributed by atoms with Gasteiger partial charge in [-0.15, -0.1) is 7.92 Å². The molecule has 0 aliphatic heterocycles. The third-order valence-electron chi connectivity index (χ3n) is 5.48. The molecule has 0 aliphatic rings. The molecule has 0 saturated carbocycles. The molecule has 0 atom stereocenters. The summed E-state index contributed by atoms with van der Waals surface area (Å²) in [6, 6.07) is 0. The lowest BCUT2D eigenvalue weighted by molar-refractivity contribution is 0.617. The van der Waals surface area contributed by atoms with Crippen molar-refractivity contribution >= 4 is 16.3 Å². The van der Waals surface area contributed by atoms with Crippen LogP contribution in [0.15, 0.2) is 0 Å². The van der Waals surface area contributed by atoms with Crippen LogP contribution in [-0.4, -0.2) is 26.9 Å². The highest BCUT2D eigenvalue weighted by Gasteiger charge is 2.07. The lowest BCUT2D eigenvalue weighted by Gasteiger charge is -2.18. The Morgan fingerprint density at radius 3 is 0.846 bits per heavy atom. The van der Waals surface area contributed by atoms with Crippen LogP contribution in [-0.2, 0) is 0 Å². The smallest absolute Gasteiger partial charge is 0 e. The zero-order chi connectivity index (χ0) is 18.4. The van der Waals surface area contributed by atoms with E-state index in [9.17, 15) is 0 Å². The molecule has 0 N–H and O–H groups in total. The Balaban J connectivity index is 0. The summed E-state index contributed by atoms with van der Waals surface area (Å²) in [4.78, 5) is 0. The van der Waals surface area contributed by atoms with Crippen LogP contribution in [0.5, 0.6) is 0 Å². The van der Waals surface area contributed by atoms with E-state index in [-0.39, 0.29) is 8.41 Å². The molecule has 0 aliphatic carbocycles. The van der Waals surface area contributed by atoms with Gasteiger partial charge < -0.3 is 0 Å². The van der Waals surface area contributed by atoms with Crippen molar-refractivity contribution in [3.05, 3.63) is 0 Å². The highest BCUT2D eigenvalue weighted by Crippen LogP contribution is 2.39. The van der Waals surface area contributed by atoms with Crippen LogP contribution in [0.1, 0.15) is 136 Å². The van der Waals surface area contributed by atoms with E-state index in [0.29, 0.717) is 7.92 Å². The molecule has 0 bridgehead atoms. The van der Waals surface area contributed by atoms with E-state index in [1.165, 1.54) is 116 Å². The molecule has 0 saturated heterocycles. The number of hydrogen-bond donors (Lipinski definition) is 0. The van der Waals surface area contributed by atoms with Crippen molar-refractivity contribution in [1.29, 1.82) is 0 Å². The Morgan fingerprint density at radius 1 is 0.346 bits per heavy atom. The van der Waals surface area contributed by atoms with Crippen molar-refractivity contribution in [1.82, 2.24) is 0 Å². The van der Waals surface area contributed by atoms with Gasteiger partial charge in [0.15, 0.2) is 0 Å². The summed E-state index contributed by atoms with van der Waals surface area (Å²) in [5, 5.41) is 0. The molecule has 0 spiro atoms. The average molecular weight is 381 g/mol. The second-order valence-corrected chi connectivity index (χ2v) is 10.8. The molecule has 155 valence electrons. The first-order valence-corrected chi connectivity index (χ1v) is 14.0. The predicted molar refractivity (Wildman–Crippen MR) is 127 cm³/mol. The maximum Gasteiger partial charge on any atom is 0 e. The fourth-order valence-corrected chi connectivity index (χ4v) is 6.37. The molecule has 0 aromatic rings. The van der Waals surface area contributed by atoms with Crippen LogP contribution in [0.25, 0.3) is 0 Å². The van der Waals surface area contributed by atoms with E-state index in [1.807, 2.05) is 0 Å². The van der Waals surface area contributed by atoms with Gasteiger partial charge in [0.2, 0.25) is 0 Å². The zero-order valence-electron chi connectivity index (χ0n) is 18.9. The Morgan fingerprint density at radius 2 is 0.577 bits per heavy atom. The quantitative estimate of drug-likeness (QED) is 0.106. The van der Waals surface area contributed by atoms with Crippen LogP contribution in [0.2, 0.25) is 0 Å². The van der Waals surface area contributed by atoms with Crippen LogP contribution >= 0.6 is 7.92 Å². The largest absolute Gasteiger partial charge is 0.107 e. The molecule has 0 fully saturated rings. The van der Waals surface area contributed by atoms with Crippen molar-refractivity contribution in [2.45, 2.75) is 136 Å². The molecular formula is C24H51BP. The lowest BCUT2D eigenvalue weighted by atomic mass is 10.1. The van der Waals surface area contributed by atoms with Gasteiger partial charge in [-0.3, -0.25) is 0 Å². The normalized spacial score (nSPS) is 11.1. The van der Waals surface area contributed by atoms with Gasteiger partial charge in [0, 0.05) is 8.41 Å². The second-order valence-electron chi connectivity index (χ2n) is 8.14. The second kappa shape index (κ2) is 25.5. The third kappa shape index (κ3) is 22.5. The molecule has 3 radical (unpaired) electrons. The number of hydrogen-bond acceptors (Lipinski definition) is 0. The van der Waals surface area contributed by atoms with E-state index >= 15 is 0 Å². The average Bonchev–Trinajstić information content (AvgIpc) is 2.63. The van der Waals surface area contributed by atoms with Crippen LogP contribution in [0.4, 0.5) is 0 Å². The van der Waals surface area contributed by atoms with Crippen molar-refractivity contribution in [2.75, 3.05) is 18.5 Å². The minimum Gasteiger partial charge on any atom is -0.107 e. The molecule has 0 unspecified atom stereocenters. The van der Waals surface area contributed by atoms with Gasteiger partial charge in [0.1, 0.15) is 0 Å². The van der Waals surface area contributed by atoms with Crippen LogP contribution in [0, 0.1) is 0 Å². The van der Waals surface area contributed by atoms with Gasteiger partial charge in [-0.1, -0.05) is 117 Å². The molecule has 2 heteroatoms. The monoisotopic (exact) mass is 381 g/mol. The van der Waals surface area contributed by atoms with Crippen molar-refractivity contribution in [2.24, 2.45) is 0 Å². The van der Waals surface area contributed by atoms with E-state index < -0.39 is 0 Å². The first kappa shape index (κ1) is 28.7. The topological polar surface area (TPSA) is 0 Å². The van der Waals surface area contributed by atoms with E-state index in [4.69, 9.17) is 0 Å². The molecule has 0 aromatic carbocycles. The van der Waals surface area contributed by atoms with Gasteiger partial charge in [0.25, 0.3) is 0 Å². The molecule has 26 heavy (non-hydrogen) atoms. The lowest BCUT2D eigenvalue weighted by Crippen LogP contribution is -1.97. The van der Waals surface area contributed by atoms with E-state index in [1.54, 1.807) is 18.5 Å². The molecule has 0 aromatic heterocycles. The van der Waals surface area contributed by atoms with Crippen molar-refractivity contribution < 1.29 is 0 Å². The van der Waals surface area contributed by atoms with Gasteiger partial charge in [0.05, 0.1) is 0 Å². The summed E-state index contributed by atoms with van der Waals surface area (Å²) >= 11 is 0. The maximum atomic E-state index is 2.32. The first-order chi connectivity index (χ1) is 12.3. The van der Waals surface area contributed by atoms with Crippen LogP contribution in [0.3, 0.4) is 0 Å². The van der Waals surface area contributed by atoms with E-state index in [0.717, 1.165) is 0 Å². The summed E-state index contributed by atoms with van der Waals surface area (Å²) in [6.07, 6.45) is 31.2. The first-order valence-electron chi connectivity index (χ1n) is 12.1. The van der Waals surface area contributed by atoms with Gasteiger partial charge >= 0.3 is 0 Å². The summed E-state index contributed by atoms with van der Waals surface area (Å²) in [7, 11) is 0.366. The standard InChI is InChI=1S/C24H51P.B/c1-4-7-10-13-16-19-22-25(23-20-17-14-11-8-5-2)24-21-18-15-12-9-6-3;/h4-24H2,1-3H3;. The minimum atomic E-state index is 0. The minimum absolute atomic E-state index is 0. The molecule has 0 amide bonds. The number of unbranched alkanes of at least 4 members (excludes halogenated alkanes) is 15. The third-order valence-corrected chi connectivity index (χ3v) is 8.33. The Hall–Kier alpha value is 0.495. The summed E-state index contributed by atoms with van der Waals surface area (Å²) in [6.45, 7) is 6.96. The zero-order valence-corrected chi connectivity index (χ0v) is 19.8. The van der Waals surface area contributed by atoms with Crippen molar-refractivity contribution in [3.63, 3.8) is 0 Å². The van der Waals surface area contributed by atoms with Crippen molar-refractivity contribution in [3.8, 4) is 0 Å². The molecule has 0 rings (SSSR count). The van der Waals surface area contributed by atoms with Gasteiger partial charge in [-0.25, -0.2) is 0 Å². The molecule has 0 heterocycles. The maximum absolute atomic E-state index is 2.32. The summed E-state index contributed by atoms with van der Waals surface area (Å²) in [5.74, 6) is 0. The van der Waals surface area contributed by atoms with Gasteiger partial charge in [-0.2, -0.15) is 0 Å². The Kier molecular flexibility index (Phi) is 28.1. The van der Waals surface area contributed by atoms with E-state index in [2.05, 4.69) is 20.8 Å². The summed E-state index contributed by atoms with van der Waals surface area (Å²) < 4.78 is 0. The highest BCUT2D eigenvalue weighted by molar-refractivity contribution is 7.57. The van der Waals surface area contributed by atoms with Gasteiger partial charge in [-0.05, 0) is 37.7 Å². The summed E-state index contributed by atoms with van der Waals surface area (Å²) in [5.41, 5.74) is 0. The fraction of sp³-hybridized carbons (Fsp3) is 1.00. The molecular weight excluding hydrogens is 330 g/mol. The predicted octanol–water partition coefficient (Wildman–Crippen LogP) is 9.17. The SMILES string of the molecule is CCCCCCCCP(CCCCCCCC)CCCCCCCC.[B]. The fourth-order valence-electron chi connectivity index (χ4n) is 3.68. The Bertz CT molecular complexity index is 194. The number of rotatable bonds is 21.